The van der Waals surface area contributed by atoms with Gasteiger partial charge in [0.25, 0.3) is 5.91 Å². The van der Waals surface area contributed by atoms with E-state index in [0.717, 1.165) is 48.6 Å². The van der Waals surface area contributed by atoms with Gasteiger partial charge in [-0.25, -0.2) is 0 Å². The molecule has 1 amide bonds. The lowest BCUT2D eigenvalue weighted by Gasteiger charge is -2.26. The molecule has 0 N–H and O–H groups in total. The Hall–Kier alpha value is -3.52. The molecule has 2 saturated heterocycles. The highest BCUT2D eigenvalue weighted by Gasteiger charge is 2.39. The number of piperidine rings is 1. The van der Waals surface area contributed by atoms with Crippen LogP contribution in [0, 0.1) is 0 Å². The Bertz CT molecular complexity index is 1150. The quantitative estimate of drug-likeness (QED) is 0.534. The predicted molar refractivity (Wildman–Crippen MR) is 128 cm³/mol. The van der Waals surface area contributed by atoms with Crippen molar-refractivity contribution in [2.45, 2.75) is 31.2 Å². The van der Waals surface area contributed by atoms with Crippen LogP contribution in [0.4, 0.5) is 0 Å². The summed E-state index contributed by atoms with van der Waals surface area (Å²) in [6.07, 6.45) is 2.52. The van der Waals surface area contributed by atoms with E-state index in [-0.39, 0.29) is 17.9 Å². The van der Waals surface area contributed by atoms with Crippen LogP contribution in [0.15, 0.2) is 64.3 Å². The lowest BCUT2D eigenvalue weighted by Crippen LogP contribution is -2.31. The van der Waals surface area contributed by atoms with E-state index in [2.05, 4.69) is 34.4 Å². The van der Waals surface area contributed by atoms with Gasteiger partial charge in [-0.3, -0.25) is 4.79 Å². The van der Waals surface area contributed by atoms with Crippen molar-refractivity contribution >= 4 is 11.6 Å². The van der Waals surface area contributed by atoms with Crippen molar-refractivity contribution in [1.29, 1.82) is 0 Å². The molecule has 0 spiro atoms. The average molecular weight is 460 g/mol. The van der Waals surface area contributed by atoms with Crippen molar-refractivity contribution < 1.29 is 14.2 Å². The number of nitrogens with zero attached hydrogens (tertiary/aromatic N) is 5. The van der Waals surface area contributed by atoms with Gasteiger partial charge in [0.05, 0.1) is 12.3 Å². The van der Waals surface area contributed by atoms with Crippen LogP contribution in [-0.4, -0.2) is 65.4 Å². The summed E-state index contributed by atoms with van der Waals surface area (Å²) in [7, 11) is 3.64. The normalized spacial score (nSPS) is 20.7. The molecule has 2 fully saturated rings. The second kappa shape index (κ2) is 9.77. The van der Waals surface area contributed by atoms with Crippen molar-refractivity contribution in [1.82, 2.24) is 19.9 Å². The number of hydrogen-bond acceptors (Lipinski definition) is 7. The van der Waals surface area contributed by atoms with Crippen LogP contribution in [0.1, 0.15) is 53.3 Å². The Morgan fingerprint density at radius 1 is 1.06 bits per heavy atom. The predicted octanol–water partition coefficient (Wildman–Crippen LogP) is 4.14. The molecule has 3 aromatic rings. The second-order valence-corrected chi connectivity index (χ2v) is 9.00. The van der Waals surface area contributed by atoms with Gasteiger partial charge in [0.1, 0.15) is 13.2 Å². The topological polar surface area (TPSA) is 84.1 Å². The number of aromatic nitrogens is 2. The number of carbonyl (C=O) groups is 1. The third-order valence-electron chi connectivity index (χ3n) is 6.70. The van der Waals surface area contributed by atoms with E-state index in [1.165, 1.54) is 7.11 Å². The summed E-state index contributed by atoms with van der Waals surface area (Å²) >= 11 is 0. The molecule has 34 heavy (non-hydrogen) atoms. The first-order valence-corrected chi connectivity index (χ1v) is 11.7. The van der Waals surface area contributed by atoms with E-state index >= 15 is 0 Å². The number of hydrogen-bond donors (Lipinski definition) is 0. The zero-order chi connectivity index (χ0) is 23.5. The molecule has 1 aromatic heterocycles. The van der Waals surface area contributed by atoms with Crippen molar-refractivity contribution in [3.63, 3.8) is 0 Å². The van der Waals surface area contributed by atoms with Crippen molar-refractivity contribution in [2.75, 3.05) is 33.8 Å². The molecule has 2 aliphatic rings. The molecular weight excluding hydrogens is 430 g/mol. The molecule has 0 bridgehead atoms. The number of carbonyl (C=O) groups excluding carboxylic acids is 1. The summed E-state index contributed by atoms with van der Waals surface area (Å²) in [5.74, 6) is 1.39. The van der Waals surface area contributed by atoms with Gasteiger partial charge in [0, 0.05) is 17.9 Å². The highest BCUT2D eigenvalue weighted by molar-refractivity contribution is 6.00. The number of likely N-dealkylation sites (tertiary alicyclic amines) is 2. The summed E-state index contributed by atoms with van der Waals surface area (Å²) in [6, 6.07) is 17.4. The van der Waals surface area contributed by atoms with E-state index in [9.17, 15) is 4.79 Å². The number of rotatable bonds is 5. The van der Waals surface area contributed by atoms with Crippen LogP contribution >= 0.6 is 0 Å². The largest absolute Gasteiger partial charge is 0.399 e. The van der Waals surface area contributed by atoms with Gasteiger partial charge >= 0.3 is 0 Å². The van der Waals surface area contributed by atoms with Crippen LogP contribution in [0.25, 0.3) is 11.1 Å². The van der Waals surface area contributed by atoms with Crippen LogP contribution in [0.2, 0.25) is 0 Å². The third-order valence-corrected chi connectivity index (χ3v) is 6.70. The Kier molecular flexibility index (Phi) is 6.40. The molecule has 8 heteroatoms. The molecule has 8 nitrogen and oxygen atoms in total. The molecule has 176 valence electrons. The van der Waals surface area contributed by atoms with Gasteiger partial charge < -0.3 is 19.2 Å². The Morgan fingerprint density at radius 2 is 1.76 bits per heavy atom. The summed E-state index contributed by atoms with van der Waals surface area (Å²) in [5, 5.41) is 8.39. The minimum atomic E-state index is -0.359. The Labute approximate surface area is 199 Å². The van der Waals surface area contributed by atoms with E-state index in [4.69, 9.17) is 14.3 Å². The zero-order valence-corrected chi connectivity index (χ0v) is 19.6. The molecular formula is C26H29N5O3. The fraction of sp³-hybridized carbons (Fsp3) is 0.385. The van der Waals surface area contributed by atoms with Gasteiger partial charge in [-0.2, -0.15) is 4.98 Å². The maximum absolute atomic E-state index is 13.5. The molecule has 2 aromatic carbocycles. The van der Waals surface area contributed by atoms with Gasteiger partial charge in [-0.05, 0) is 56.2 Å². The maximum Gasteiger partial charge on any atom is 0.254 e. The molecule has 1 atom stereocenters. The fourth-order valence-electron chi connectivity index (χ4n) is 4.75. The fourth-order valence-corrected chi connectivity index (χ4v) is 4.75. The summed E-state index contributed by atoms with van der Waals surface area (Å²) in [5.41, 5.74) is 3.57. The second-order valence-electron chi connectivity index (χ2n) is 9.00. The van der Waals surface area contributed by atoms with Crippen molar-refractivity contribution in [3.8, 4) is 11.1 Å². The van der Waals surface area contributed by atoms with Gasteiger partial charge in [0.15, 0.2) is 5.82 Å². The minimum absolute atomic E-state index is 0.0926. The molecule has 0 radical (unpaired) electrons. The van der Waals surface area contributed by atoms with Crippen molar-refractivity contribution in [2.24, 2.45) is 5.16 Å². The standard InChI is InChI=1S/C26H29N5O3/c1-30-14-12-20(13-15-30)24-27-25(34-29-24)23-16-22(28-33-2)17-31(23)26(32)21-10-8-19(9-11-21)18-6-4-3-5-7-18/h3-11,20,23H,12-17H2,1-2H3. The highest BCUT2D eigenvalue weighted by atomic mass is 16.6. The number of amides is 1. The van der Waals surface area contributed by atoms with Crippen LogP contribution in [0.3, 0.4) is 0 Å². The first-order chi connectivity index (χ1) is 16.6. The first-order valence-electron chi connectivity index (χ1n) is 11.7. The summed E-state index contributed by atoms with van der Waals surface area (Å²) < 4.78 is 5.68. The van der Waals surface area contributed by atoms with E-state index < -0.39 is 0 Å². The van der Waals surface area contributed by atoms with Gasteiger partial charge in [-0.15, -0.1) is 0 Å². The van der Waals surface area contributed by atoms with E-state index in [1.54, 1.807) is 4.90 Å². The number of oxime groups is 1. The van der Waals surface area contributed by atoms with Crippen LogP contribution in [0.5, 0.6) is 0 Å². The zero-order valence-electron chi connectivity index (χ0n) is 19.6. The lowest BCUT2D eigenvalue weighted by molar-refractivity contribution is 0.0713. The SMILES string of the molecule is CON=C1CC(c2nc(C3CCN(C)CC3)no2)N(C(=O)c2ccc(-c3ccccc3)cc2)C1. The van der Waals surface area contributed by atoms with Crippen LogP contribution < -0.4 is 0 Å². The molecule has 0 saturated carbocycles. The number of benzene rings is 2. The first kappa shape index (κ1) is 22.3. The average Bonchev–Trinajstić information content (AvgIpc) is 3.53. The summed E-state index contributed by atoms with van der Waals surface area (Å²) in [6.45, 7) is 2.40. The Balaban J connectivity index is 1.37. The molecule has 0 aliphatic carbocycles. The monoisotopic (exact) mass is 459 g/mol. The summed E-state index contributed by atoms with van der Waals surface area (Å²) in [4.78, 5) is 27.3. The molecule has 3 heterocycles. The Morgan fingerprint density at radius 3 is 2.47 bits per heavy atom. The lowest BCUT2D eigenvalue weighted by atomic mass is 9.96. The molecule has 5 rings (SSSR count). The van der Waals surface area contributed by atoms with E-state index in [0.29, 0.717) is 24.4 Å². The van der Waals surface area contributed by atoms with E-state index in [1.807, 2.05) is 42.5 Å². The molecule has 1 unspecified atom stereocenters. The van der Waals surface area contributed by atoms with Gasteiger partial charge in [0.2, 0.25) is 5.89 Å². The third kappa shape index (κ3) is 4.59. The molecule has 2 aliphatic heterocycles. The van der Waals surface area contributed by atoms with Crippen molar-refractivity contribution in [3.05, 3.63) is 71.9 Å². The maximum atomic E-state index is 13.5. The smallest absolute Gasteiger partial charge is 0.254 e. The minimum Gasteiger partial charge on any atom is -0.399 e. The van der Waals surface area contributed by atoms with Gasteiger partial charge in [-0.1, -0.05) is 52.8 Å². The highest BCUT2D eigenvalue weighted by Crippen LogP contribution is 2.33. The van der Waals surface area contributed by atoms with Crippen LogP contribution in [-0.2, 0) is 4.84 Å².